The summed E-state index contributed by atoms with van der Waals surface area (Å²) in [6, 6.07) is 114. The fourth-order valence-corrected chi connectivity index (χ4v) is 14.9. The summed E-state index contributed by atoms with van der Waals surface area (Å²) in [5.41, 5.74) is 21.7. The minimum absolute atomic E-state index is 0.912. The topological polar surface area (TPSA) is 66.3 Å². The quantitative estimate of drug-likeness (QED) is 0.144. The van der Waals surface area contributed by atoms with Crippen molar-refractivity contribution in [3.8, 4) is 84.6 Å². The van der Waals surface area contributed by atoms with Crippen LogP contribution in [-0.4, -0.2) is 33.6 Å². The molecule has 11 aromatic carbocycles. The number of para-hydroxylation sites is 3. The summed E-state index contributed by atoms with van der Waals surface area (Å²) >= 11 is 11.3. The van der Waals surface area contributed by atoms with Crippen molar-refractivity contribution in [3.05, 3.63) is 353 Å². The number of hydrogen-bond donors (Lipinski definition) is 0. The van der Waals surface area contributed by atoms with Crippen LogP contribution in [0.1, 0.15) is 0 Å². The van der Waals surface area contributed by atoms with Gasteiger partial charge in [-0.2, -0.15) is 0 Å². The van der Waals surface area contributed by atoms with Crippen molar-refractivity contribution in [2.24, 2.45) is 0 Å². The van der Waals surface area contributed by atoms with Crippen LogP contribution in [0.5, 0.6) is 0 Å². The van der Waals surface area contributed by atoms with Crippen LogP contribution in [0.4, 0.5) is 0 Å². The summed E-state index contributed by atoms with van der Waals surface area (Å²) in [5, 5.41) is 7.31. The molecule has 96 heavy (non-hydrogen) atoms. The van der Waals surface area contributed by atoms with E-state index in [0.717, 1.165) is 109 Å². The highest BCUT2D eigenvalue weighted by molar-refractivity contribution is 9.11. The first-order chi connectivity index (χ1) is 47.4. The summed E-state index contributed by atoms with van der Waals surface area (Å²) in [6.07, 6.45) is 3.67. The largest absolute Gasteiger partial charge is 0.309 e. The molecule has 10 heteroatoms. The molecule has 0 aliphatic carbocycles. The van der Waals surface area contributed by atoms with E-state index in [-0.39, 0.29) is 0 Å². The Morgan fingerprint density at radius 3 is 0.979 bits per heavy atom. The average molecular weight is 1430 g/mol. The molecular formula is C86H56Br3N7. The van der Waals surface area contributed by atoms with Gasteiger partial charge in [0.2, 0.25) is 0 Å². The molecule has 0 saturated heterocycles. The maximum atomic E-state index is 5.15. The lowest BCUT2D eigenvalue weighted by Gasteiger charge is -2.13. The second kappa shape index (κ2) is 26.3. The van der Waals surface area contributed by atoms with Crippen molar-refractivity contribution in [2.75, 3.05) is 0 Å². The molecule has 0 aliphatic heterocycles. The Bertz CT molecular complexity index is 5110. The fraction of sp³-hybridized carbons (Fsp3) is 0. The number of benzene rings is 11. The lowest BCUT2D eigenvalue weighted by atomic mass is 10.0. The summed E-state index contributed by atoms with van der Waals surface area (Å²) in [4.78, 5) is 19.4. The molecule has 0 amide bonds. The number of fused-ring (bicyclic) bond motifs is 9. The zero-order valence-electron chi connectivity index (χ0n) is 51.6. The van der Waals surface area contributed by atoms with Gasteiger partial charge in [-0.1, -0.05) is 254 Å². The lowest BCUT2D eigenvalue weighted by Crippen LogP contribution is -2.00. The monoisotopic (exact) mass is 1420 g/mol. The van der Waals surface area contributed by atoms with Crippen LogP contribution in [0.3, 0.4) is 0 Å². The first kappa shape index (κ1) is 59.8. The van der Waals surface area contributed by atoms with Crippen LogP contribution in [0, 0.1) is 0 Å². The van der Waals surface area contributed by atoms with Crippen molar-refractivity contribution in [1.82, 2.24) is 33.6 Å². The van der Waals surface area contributed by atoms with E-state index in [4.69, 9.17) is 9.97 Å². The van der Waals surface area contributed by atoms with Crippen molar-refractivity contribution >= 4 is 113 Å². The molecule has 0 radical (unpaired) electrons. The summed E-state index contributed by atoms with van der Waals surface area (Å²) in [7, 11) is 0. The van der Waals surface area contributed by atoms with Crippen LogP contribution < -0.4 is 0 Å². The zero-order chi connectivity index (χ0) is 64.5. The van der Waals surface area contributed by atoms with E-state index in [9.17, 15) is 0 Å². The molecule has 7 heterocycles. The molecule has 7 nitrogen and oxygen atoms in total. The molecule has 0 atom stereocenters. The zero-order valence-corrected chi connectivity index (χ0v) is 56.4. The molecule has 456 valence electrons. The standard InChI is InChI=1S/2C29H19BrN2.C28H18BrN3/c30-24-15-9-17-28-29(24)23-14-7-8-16-27(23)32(28)22-18-25(20-10-3-1-4-11-20)31-26(19-22)21-12-5-2-6-13-21;30-24-15-9-17-27-29(24)23-14-7-8-16-26(23)32(27)28-19-22(20-10-3-1-4-11-20)18-25(31-28)21-12-5-2-6-13-21;29-23-9-7-13-27-28(23)22-8-1-2-12-26(22)32(27)21-17-19(24-10-3-5-14-30-24)16-20(18-21)25-11-4-6-15-31-25/h2*1-19H;1-18H. The first-order valence-electron chi connectivity index (χ1n) is 31.7. The molecule has 0 saturated carbocycles. The van der Waals surface area contributed by atoms with E-state index in [2.05, 4.69) is 338 Å². The number of pyridine rings is 4. The predicted molar refractivity (Wildman–Crippen MR) is 409 cm³/mol. The summed E-state index contributed by atoms with van der Waals surface area (Å²) in [5.74, 6) is 0.912. The molecule has 0 bridgehead atoms. The van der Waals surface area contributed by atoms with Gasteiger partial charge in [0, 0.05) is 91.6 Å². The van der Waals surface area contributed by atoms with Gasteiger partial charge in [0.15, 0.2) is 0 Å². The Hall–Kier alpha value is -11.1. The fourth-order valence-electron chi connectivity index (χ4n) is 13.2. The maximum absolute atomic E-state index is 5.15. The van der Waals surface area contributed by atoms with Gasteiger partial charge in [0.1, 0.15) is 5.82 Å². The second-order valence-corrected chi connectivity index (χ2v) is 25.9. The van der Waals surface area contributed by atoms with Crippen molar-refractivity contribution < 1.29 is 0 Å². The van der Waals surface area contributed by atoms with E-state index < -0.39 is 0 Å². The van der Waals surface area contributed by atoms with Crippen molar-refractivity contribution in [1.29, 1.82) is 0 Å². The minimum atomic E-state index is 0.912. The third-order valence-electron chi connectivity index (χ3n) is 17.5. The van der Waals surface area contributed by atoms with Gasteiger partial charge in [0.25, 0.3) is 0 Å². The highest BCUT2D eigenvalue weighted by Gasteiger charge is 2.21. The van der Waals surface area contributed by atoms with Crippen molar-refractivity contribution in [2.45, 2.75) is 0 Å². The predicted octanol–water partition coefficient (Wildman–Crippen LogP) is 24.2. The van der Waals surface area contributed by atoms with E-state index in [0.29, 0.717) is 0 Å². The van der Waals surface area contributed by atoms with E-state index in [1.165, 1.54) is 54.4 Å². The van der Waals surface area contributed by atoms with Gasteiger partial charge in [-0.25, -0.2) is 9.97 Å². The Balaban J connectivity index is 0.000000113. The van der Waals surface area contributed by atoms with Gasteiger partial charge < -0.3 is 9.13 Å². The maximum Gasteiger partial charge on any atom is 0.138 e. The average Bonchev–Trinajstić information content (AvgIpc) is 1.58. The number of rotatable bonds is 9. The van der Waals surface area contributed by atoms with Crippen molar-refractivity contribution in [3.63, 3.8) is 0 Å². The highest BCUT2D eigenvalue weighted by Crippen LogP contribution is 2.42. The Morgan fingerprint density at radius 2 is 0.562 bits per heavy atom. The van der Waals surface area contributed by atoms with Crippen LogP contribution in [0.25, 0.3) is 150 Å². The second-order valence-electron chi connectivity index (χ2n) is 23.3. The van der Waals surface area contributed by atoms with Crippen LogP contribution >= 0.6 is 47.8 Å². The normalized spacial score (nSPS) is 11.3. The highest BCUT2D eigenvalue weighted by atomic mass is 79.9. The van der Waals surface area contributed by atoms with E-state index in [1.807, 2.05) is 73.1 Å². The summed E-state index contributed by atoms with van der Waals surface area (Å²) in [6.45, 7) is 0. The Morgan fingerprint density at radius 1 is 0.219 bits per heavy atom. The molecule has 0 fully saturated rings. The molecule has 0 spiro atoms. The number of halogens is 3. The third-order valence-corrected chi connectivity index (χ3v) is 19.4. The smallest absolute Gasteiger partial charge is 0.138 e. The Kier molecular flexibility index (Phi) is 16.4. The molecule has 7 aromatic heterocycles. The van der Waals surface area contributed by atoms with Crippen LogP contribution in [-0.2, 0) is 0 Å². The summed E-state index contributed by atoms with van der Waals surface area (Å²) < 4.78 is 10.2. The minimum Gasteiger partial charge on any atom is -0.309 e. The van der Waals surface area contributed by atoms with Gasteiger partial charge in [0.05, 0.1) is 67.3 Å². The number of nitrogens with zero attached hydrogens (tertiary/aromatic N) is 7. The van der Waals surface area contributed by atoms with Gasteiger partial charge in [-0.15, -0.1) is 0 Å². The molecule has 18 rings (SSSR count). The lowest BCUT2D eigenvalue weighted by molar-refractivity contribution is 1.08. The van der Waals surface area contributed by atoms with Gasteiger partial charge in [-0.3, -0.25) is 14.5 Å². The Labute approximate surface area is 580 Å². The van der Waals surface area contributed by atoms with Crippen LogP contribution in [0.2, 0.25) is 0 Å². The number of aromatic nitrogens is 7. The third kappa shape index (κ3) is 11.5. The molecule has 18 aromatic rings. The first-order valence-corrected chi connectivity index (χ1v) is 34.0. The molecule has 0 aliphatic rings. The molecule has 0 N–H and O–H groups in total. The van der Waals surface area contributed by atoms with Crippen LogP contribution in [0.15, 0.2) is 353 Å². The van der Waals surface area contributed by atoms with Gasteiger partial charge >= 0.3 is 0 Å². The van der Waals surface area contributed by atoms with E-state index in [1.54, 1.807) is 0 Å². The molecular weight excluding hydrogens is 1370 g/mol. The SMILES string of the molecule is Brc1cccc2c1c1ccccc1n2-c1cc(-c2ccccc2)cc(-c2ccccc2)n1.Brc1cccc2c1c1ccccc1n2-c1cc(-c2ccccc2)nc(-c2ccccc2)c1.Brc1cccc2c1c1ccccc1n2-c1cc(-c2ccccn2)cc(-c2ccccn2)c1. The van der Waals surface area contributed by atoms with Gasteiger partial charge in [-0.05, 0) is 132 Å². The number of hydrogen-bond acceptors (Lipinski definition) is 4. The molecule has 0 unspecified atom stereocenters. The van der Waals surface area contributed by atoms with E-state index >= 15 is 0 Å².